The van der Waals surface area contributed by atoms with E-state index >= 15 is 0 Å². The van der Waals surface area contributed by atoms with Crippen LogP contribution in [0.1, 0.15) is 36.7 Å². The average molecular weight is 455 g/mol. The zero-order chi connectivity index (χ0) is 24.2. The van der Waals surface area contributed by atoms with Crippen molar-refractivity contribution in [2.24, 2.45) is 5.92 Å². The van der Waals surface area contributed by atoms with Gasteiger partial charge >= 0.3 is 0 Å². The molecular formula is C29H30N2O3. The van der Waals surface area contributed by atoms with Crippen LogP contribution in [0.15, 0.2) is 97.1 Å². The fourth-order valence-corrected chi connectivity index (χ4v) is 3.08. The highest BCUT2D eigenvalue weighted by Gasteiger charge is 2.15. The molecule has 0 atom stereocenters. The third kappa shape index (κ3) is 8.43. The Morgan fingerprint density at radius 2 is 1.21 bits per heavy atom. The Balaban J connectivity index is 1.72. The Morgan fingerprint density at radius 1 is 0.735 bits per heavy atom. The lowest BCUT2D eigenvalue weighted by Crippen LogP contribution is -2.39. The summed E-state index contributed by atoms with van der Waals surface area (Å²) in [6.07, 6.45) is 5.65. The van der Waals surface area contributed by atoms with Crippen LogP contribution in [0.4, 0.5) is 0 Å². The van der Waals surface area contributed by atoms with Gasteiger partial charge in [0.1, 0.15) is 11.9 Å². The van der Waals surface area contributed by atoms with Gasteiger partial charge in [-0.3, -0.25) is 9.59 Å². The first-order chi connectivity index (χ1) is 16.5. The van der Waals surface area contributed by atoms with E-state index in [1.54, 1.807) is 12.2 Å². The van der Waals surface area contributed by atoms with Crippen molar-refractivity contribution in [3.63, 3.8) is 0 Å². The van der Waals surface area contributed by atoms with Gasteiger partial charge in [0, 0.05) is 12.2 Å². The minimum absolute atomic E-state index is 0.318. The second-order valence-corrected chi connectivity index (χ2v) is 8.21. The molecule has 0 aliphatic carbocycles. The van der Waals surface area contributed by atoms with Crippen LogP contribution in [0.3, 0.4) is 0 Å². The molecule has 0 radical (unpaired) electrons. The minimum atomic E-state index is -0.708. The maximum atomic E-state index is 12.6. The van der Waals surface area contributed by atoms with E-state index in [9.17, 15) is 9.59 Å². The topological polar surface area (TPSA) is 67.4 Å². The molecule has 5 heteroatoms. The first-order valence-corrected chi connectivity index (χ1v) is 11.3. The van der Waals surface area contributed by atoms with Crippen molar-refractivity contribution < 1.29 is 14.3 Å². The van der Waals surface area contributed by atoms with Crippen LogP contribution in [-0.2, 0) is 9.59 Å². The predicted octanol–water partition coefficient (Wildman–Crippen LogP) is 5.38. The van der Waals surface area contributed by atoms with Crippen LogP contribution < -0.4 is 15.4 Å². The van der Waals surface area contributed by atoms with Crippen molar-refractivity contribution in [1.82, 2.24) is 10.6 Å². The van der Waals surface area contributed by atoms with Crippen LogP contribution in [0.5, 0.6) is 5.75 Å². The van der Waals surface area contributed by atoms with E-state index in [0.29, 0.717) is 12.5 Å². The molecule has 2 amide bonds. The van der Waals surface area contributed by atoms with Crippen molar-refractivity contribution in [3.8, 4) is 5.75 Å². The fourth-order valence-electron chi connectivity index (χ4n) is 3.08. The first kappa shape index (κ1) is 24.5. The molecule has 0 spiro atoms. The molecule has 5 nitrogen and oxygen atoms in total. The summed E-state index contributed by atoms with van der Waals surface area (Å²) in [5.74, 6) is 0.517. The maximum absolute atomic E-state index is 12.6. The summed E-state index contributed by atoms with van der Waals surface area (Å²) in [6.45, 7) is 4.79. The van der Waals surface area contributed by atoms with Crippen LogP contribution >= 0.6 is 0 Å². The van der Waals surface area contributed by atoms with Gasteiger partial charge in [0.2, 0.25) is 11.8 Å². The number of rotatable bonds is 10. The number of ether oxygens (including phenoxy) is 1. The summed E-state index contributed by atoms with van der Waals surface area (Å²) < 4.78 is 5.74. The quantitative estimate of drug-likeness (QED) is 0.319. The van der Waals surface area contributed by atoms with Gasteiger partial charge in [-0.1, -0.05) is 86.6 Å². The zero-order valence-electron chi connectivity index (χ0n) is 19.5. The van der Waals surface area contributed by atoms with Crippen molar-refractivity contribution in [2.75, 3.05) is 6.61 Å². The lowest BCUT2D eigenvalue weighted by Gasteiger charge is -2.20. The molecule has 0 saturated carbocycles. The first-order valence-electron chi connectivity index (χ1n) is 11.3. The molecule has 3 rings (SSSR count). The number of nitrogens with one attached hydrogen (secondary N) is 2. The summed E-state index contributed by atoms with van der Waals surface area (Å²) in [7, 11) is 0. The smallest absolute Gasteiger partial charge is 0.245 e. The van der Waals surface area contributed by atoms with Crippen LogP contribution in [0.25, 0.3) is 12.2 Å². The predicted molar refractivity (Wildman–Crippen MR) is 137 cm³/mol. The number of amides is 2. The largest absolute Gasteiger partial charge is 0.493 e. The van der Waals surface area contributed by atoms with Crippen LogP contribution in [-0.4, -0.2) is 18.4 Å². The number of benzene rings is 3. The molecule has 0 heterocycles. The summed E-state index contributed by atoms with van der Waals surface area (Å²) in [5, 5.41) is 5.74. The van der Waals surface area contributed by atoms with E-state index in [4.69, 9.17) is 4.74 Å². The molecule has 0 aliphatic heterocycles. The molecule has 3 aromatic carbocycles. The van der Waals surface area contributed by atoms with Gasteiger partial charge in [-0.25, -0.2) is 0 Å². The maximum Gasteiger partial charge on any atom is 0.245 e. The van der Waals surface area contributed by atoms with E-state index in [0.717, 1.165) is 22.4 Å². The van der Waals surface area contributed by atoms with Gasteiger partial charge in [0.05, 0.1) is 6.61 Å². The van der Waals surface area contributed by atoms with Gasteiger partial charge in [0.25, 0.3) is 0 Å². The van der Waals surface area contributed by atoms with Crippen LogP contribution in [0.2, 0.25) is 0 Å². The summed E-state index contributed by atoms with van der Waals surface area (Å²) in [6, 6.07) is 26.4. The zero-order valence-corrected chi connectivity index (χ0v) is 19.5. The molecule has 174 valence electrons. The Morgan fingerprint density at radius 3 is 1.65 bits per heavy atom. The summed E-state index contributed by atoms with van der Waals surface area (Å²) in [5.41, 5.74) is 2.56. The van der Waals surface area contributed by atoms with Crippen molar-refractivity contribution in [3.05, 3.63) is 114 Å². The van der Waals surface area contributed by atoms with Crippen molar-refractivity contribution >= 4 is 24.0 Å². The lowest BCUT2D eigenvalue weighted by atomic mass is 10.1. The molecule has 0 bridgehead atoms. The molecule has 0 aromatic heterocycles. The van der Waals surface area contributed by atoms with Gasteiger partial charge in [-0.2, -0.15) is 0 Å². The van der Waals surface area contributed by atoms with Crippen LogP contribution in [0, 0.1) is 5.92 Å². The van der Waals surface area contributed by atoms with Gasteiger partial charge in [0.15, 0.2) is 0 Å². The van der Waals surface area contributed by atoms with Gasteiger partial charge < -0.3 is 15.4 Å². The lowest BCUT2D eigenvalue weighted by molar-refractivity contribution is -0.119. The van der Waals surface area contributed by atoms with Gasteiger partial charge in [-0.15, -0.1) is 0 Å². The highest BCUT2D eigenvalue weighted by atomic mass is 16.5. The van der Waals surface area contributed by atoms with E-state index in [-0.39, 0.29) is 11.8 Å². The second kappa shape index (κ2) is 12.8. The summed E-state index contributed by atoms with van der Waals surface area (Å²) in [4.78, 5) is 25.2. The number of hydrogen-bond donors (Lipinski definition) is 2. The third-order valence-electron chi connectivity index (χ3n) is 4.82. The molecule has 2 N–H and O–H groups in total. The second-order valence-electron chi connectivity index (χ2n) is 8.21. The molecule has 3 aromatic rings. The van der Waals surface area contributed by atoms with E-state index in [1.807, 2.05) is 84.9 Å². The number of carbonyl (C=O) groups is 2. The number of hydrogen-bond acceptors (Lipinski definition) is 3. The molecular weight excluding hydrogens is 424 g/mol. The molecule has 0 aliphatic rings. The number of carbonyl (C=O) groups excluding carboxylic acids is 2. The van der Waals surface area contributed by atoms with Crippen molar-refractivity contribution in [2.45, 2.75) is 20.0 Å². The Kier molecular flexibility index (Phi) is 9.23. The van der Waals surface area contributed by atoms with E-state index < -0.39 is 6.17 Å². The Labute approximate surface area is 201 Å². The Bertz CT molecular complexity index is 1040. The third-order valence-corrected chi connectivity index (χ3v) is 4.82. The monoisotopic (exact) mass is 454 g/mol. The minimum Gasteiger partial charge on any atom is -0.493 e. The highest BCUT2D eigenvalue weighted by Crippen LogP contribution is 2.18. The molecule has 0 saturated heterocycles. The van der Waals surface area contributed by atoms with Gasteiger partial charge in [-0.05, 0) is 46.9 Å². The van der Waals surface area contributed by atoms with Crippen molar-refractivity contribution in [1.29, 1.82) is 0 Å². The highest BCUT2D eigenvalue weighted by molar-refractivity contribution is 5.94. The molecule has 34 heavy (non-hydrogen) atoms. The average Bonchev–Trinajstić information content (AvgIpc) is 2.86. The fraction of sp³-hybridized carbons (Fsp3) is 0.172. The standard InChI is InChI=1S/C29H30N2O3/c1-22(2)21-34-26-17-15-25(16-18-26)29(30-27(32)19-13-23-9-5-3-6-10-23)31-28(33)20-14-24-11-7-4-8-12-24/h3-20,22,29H,21H2,1-2H3,(H,30,32)(H,31,33). The van der Waals surface area contributed by atoms with E-state index in [2.05, 4.69) is 24.5 Å². The summed E-state index contributed by atoms with van der Waals surface area (Å²) >= 11 is 0. The van der Waals surface area contributed by atoms with E-state index in [1.165, 1.54) is 12.2 Å². The Hall–Kier alpha value is -4.12. The SMILES string of the molecule is CC(C)COc1ccc(C(NC(=O)C=Cc2ccccc2)NC(=O)C=Cc2ccccc2)cc1. The molecule has 0 fully saturated rings. The molecule has 0 unspecified atom stereocenters. The normalized spacial score (nSPS) is 12.1.